The molecular formula is C13H11ClO2S. The number of hydrogen-bond donors (Lipinski definition) is 0. The zero-order valence-corrected chi connectivity index (χ0v) is 10.8. The molecule has 0 N–H and O–H groups in total. The molecule has 1 fully saturated rings. The first kappa shape index (κ1) is 11.2. The highest BCUT2D eigenvalue weighted by molar-refractivity contribution is 7.13. The van der Waals surface area contributed by atoms with E-state index in [-0.39, 0.29) is 12.6 Å². The van der Waals surface area contributed by atoms with E-state index in [1.54, 1.807) is 11.3 Å². The fraction of sp³-hybridized carbons (Fsp3) is 0.231. The molecule has 0 atom stereocenters. The zero-order valence-electron chi connectivity index (χ0n) is 9.22. The van der Waals surface area contributed by atoms with Crippen LogP contribution in [0.15, 0.2) is 35.7 Å². The summed E-state index contributed by atoms with van der Waals surface area (Å²) in [6, 6.07) is 9.93. The third-order valence-electron chi connectivity index (χ3n) is 2.65. The van der Waals surface area contributed by atoms with Crippen molar-refractivity contribution in [2.24, 2.45) is 0 Å². The molecule has 2 nitrogen and oxygen atoms in total. The first-order valence-electron chi connectivity index (χ1n) is 5.38. The Morgan fingerprint density at radius 1 is 1.18 bits per heavy atom. The van der Waals surface area contributed by atoms with Gasteiger partial charge in [-0.3, -0.25) is 0 Å². The van der Waals surface area contributed by atoms with E-state index in [2.05, 4.69) is 11.4 Å². The van der Waals surface area contributed by atoms with E-state index in [1.807, 2.05) is 31.2 Å². The van der Waals surface area contributed by atoms with Crippen LogP contribution in [-0.4, -0.2) is 6.29 Å². The lowest BCUT2D eigenvalue weighted by Crippen LogP contribution is -2.31. The van der Waals surface area contributed by atoms with Gasteiger partial charge in [0, 0.05) is 15.5 Å². The molecule has 0 saturated carbocycles. The van der Waals surface area contributed by atoms with E-state index in [1.165, 1.54) is 4.88 Å². The van der Waals surface area contributed by atoms with Gasteiger partial charge in [0.1, 0.15) is 0 Å². The predicted octanol–water partition coefficient (Wildman–Crippen LogP) is 4.46. The van der Waals surface area contributed by atoms with Crippen molar-refractivity contribution >= 4 is 22.9 Å². The van der Waals surface area contributed by atoms with E-state index in [4.69, 9.17) is 21.1 Å². The maximum absolute atomic E-state index is 5.87. The van der Waals surface area contributed by atoms with Crippen molar-refractivity contribution in [3.8, 4) is 10.4 Å². The number of benzene rings is 1. The van der Waals surface area contributed by atoms with Gasteiger partial charge in [-0.25, -0.2) is 0 Å². The van der Waals surface area contributed by atoms with Crippen LogP contribution < -0.4 is 0 Å². The SMILES string of the molecule is CC1OC(c2csc(-c3ccc(Cl)cc3)c2)O1. The summed E-state index contributed by atoms with van der Waals surface area (Å²) in [6.07, 6.45) is -0.277. The fourth-order valence-corrected chi connectivity index (χ4v) is 2.80. The van der Waals surface area contributed by atoms with Crippen LogP contribution in [0.3, 0.4) is 0 Å². The summed E-state index contributed by atoms with van der Waals surface area (Å²) in [6.45, 7) is 1.89. The maximum atomic E-state index is 5.87. The molecule has 1 aliphatic rings. The highest BCUT2D eigenvalue weighted by atomic mass is 35.5. The highest BCUT2D eigenvalue weighted by Gasteiger charge is 2.29. The monoisotopic (exact) mass is 266 g/mol. The van der Waals surface area contributed by atoms with E-state index >= 15 is 0 Å². The van der Waals surface area contributed by atoms with Gasteiger partial charge >= 0.3 is 0 Å². The Morgan fingerprint density at radius 3 is 2.53 bits per heavy atom. The van der Waals surface area contributed by atoms with Crippen LogP contribution in [0, 0.1) is 0 Å². The van der Waals surface area contributed by atoms with Crippen molar-refractivity contribution in [3.63, 3.8) is 0 Å². The highest BCUT2D eigenvalue weighted by Crippen LogP contribution is 2.37. The topological polar surface area (TPSA) is 18.5 Å². The number of thiophene rings is 1. The van der Waals surface area contributed by atoms with Gasteiger partial charge in [-0.15, -0.1) is 11.3 Å². The van der Waals surface area contributed by atoms with Crippen LogP contribution in [0.1, 0.15) is 18.8 Å². The van der Waals surface area contributed by atoms with Crippen molar-refractivity contribution in [3.05, 3.63) is 46.3 Å². The summed E-state index contributed by atoms with van der Waals surface area (Å²) < 4.78 is 10.9. The quantitative estimate of drug-likeness (QED) is 0.799. The Balaban J connectivity index is 1.82. The van der Waals surface area contributed by atoms with Crippen LogP contribution in [0.4, 0.5) is 0 Å². The van der Waals surface area contributed by atoms with Gasteiger partial charge in [0.15, 0.2) is 12.6 Å². The Kier molecular flexibility index (Phi) is 2.92. The molecule has 0 bridgehead atoms. The van der Waals surface area contributed by atoms with E-state index in [0.717, 1.165) is 16.1 Å². The average molecular weight is 267 g/mol. The van der Waals surface area contributed by atoms with Crippen molar-refractivity contribution < 1.29 is 9.47 Å². The smallest absolute Gasteiger partial charge is 0.190 e. The van der Waals surface area contributed by atoms with Crippen LogP contribution in [0.5, 0.6) is 0 Å². The molecule has 88 valence electrons. The van der Waals surface area contributed by atoms with Crippen molar-refractivity contribution in [2.45, 2.75) is 19.5 Å². The first-order valence-corrected chi connectivity index (χ1v) is 6.63. The summed E-state index contributed by atoms with van der Waals surface area (Å²) in [5, 5.41) is 2.82. The van der Waals surface area contributed by atoms with Crippen molar-refractivity contribution in [1.29, 1.82) is 0 Å². The minimum atomic E-state index is -0.192. The number of hydrogen-bond acceptors (Lipinski definition) is 3. The maximum Gasteiger partial charge on any atom is 0.190 e. The molecule has 2 heterocycles. The molecule has 0 radical (unpaired) electrons. The van der Waals surface area contributed by atoms with E-state index in [9.17, 15) is 0 Å². The van der Waals surface area contributed by atoms with Crippen LogP contribution in [0.25, 0.3) is 10.4 Å². The van der Waals surface area contributed by atoms with Crippen LogP contribution >= 0.6 is 22.9 Å². The van der Waals surface area contributed by atoms with Gasteiger partial charge in [-0.2, -0.15) is 0 Å². The van der Waals surface area contributed by atoms with Gasteiger partial charge in [-0.1, -0.05) is 23.7 Å². The van der Waals surface area contributed by atoms with Crippen molar-refractivity contribution in [1.82, 2.24) is 0 Å². The molecule has 1 aromatic heterocycles. The first-order chi connectivity index (χ1) is 8.22. The molecule has 0 aliphatic carbocycles. The third-order valence-corrected chi connectivity index (χ3v) is 3.90. The number of halogens is 1. The van der Waals surface area contributed by atoms with E-state index in [0.29, 0.717) is 0 Å². The third kappa shape index (κ3) is 2.24. The molecule has 2 aromatic rings. The van der Waals surface area contributed by atoms with Gasteiger partial charge in [0.05, 0.1) is 0 Å². The largest absolute Gasteiger partial charge is 0.320 e. The standard InChI is InChI=1S/C13H11ClO2S/c1-8-15-13(16-8)10-6-12(17-7-10)9-2-4-11(14)5-3-9/h2-8,13H,1H3. The summed E-state index contributed by atoms with van der Waals surface area (Å²) in [5.74, 6) is 0. The summed E-state index contributed by atoms with van der Waals surface area (Å²) in [5.41, 5.74) is 2.25. The average Bonchev–Trinajstić information content (AvgIpc) is 2.75. The summed E-state index contributed by atoms with van der Waals surface area (Å²) in [7, 11) is 0. The molecule has 1 saturated heterocycles. The van der Waals surface area contributed by atoms with Gasteiger partial charge in [-0.05, 0) is 36.1 Å². The molecular weight excluding hydrogens is 256 g/mol. The number of rotatable bonds is 2. The summed E-state index contributed by atoms with van der Waals surface area (Å²) in [4.78, 5) is 1.20. The zero-order chi connectivity index (χ0) is 11.8. The normalized spacial score (nSPS) is 23.4. The second kappa shape index (κ2) is 4.42. The van der Waals surface area contributed by atoms with Gasteiger partial charge in [0.2, 0.25) is 0 Å². The van der Waals surface area contributed by atoms with Crippen molar-refractivity contribution in [2.75, 3.05) is 0 Å². The second-order valence-electron chi connectivity index (χ2n) is 3.92. The lowest BCUT2D eigenvalue weighted by molar-refractivity contribution is -0.382. The fourth-order valence-electron chi connectivity index (χ4n) is 1.76. The Labute approximate surface area is 109 Å². The minimum absolute atomic E-state index is 0.0844. The molecule has 4 heteroatoms. The van der Waals surface area contributed by atoms with Gasteiger partial charge < -0.3 is 9.47 Å². The van der Waals surface area contributed by atoms with Gasteiger partial charge in [0.25, 0.3) is 0 Å². The van der Waals surface area contributed by atoms with Crippen LogP contribution in [-0.2, 0) is 9.47 Å². The predicted molar refractivity (Wildman–Crippen MR) is 69.1 cm³/mol. The molecule has 1 aromatic carbocycles. The second-order valence-corrected chi connectivity index (χ2v) is 5.27. The lowest BCUT2D eigenvalue weighted by atomic mass is 10.1. The molecule has 3 rings (SSSR count). The molecule has 1 aliphatic heterocycles. The minimum Gasteiger partial charge on any atom is -0.320 e. The summed E-state index contributed by atoms with van der Waals surface area (Å²) >= 11 is 7.55. The molecule has 0 unspecified atom stereocenters. The molecule has 17 heavy (non-hydrogen) atoms. The molecule has 0 spiro atoms. The van der Waals surface area contributed by atoms with Crippen LogP contribution in [0.2, 0.25) is 5.02 Å². The Hall–Kier alpha value is -0.870. The lowest BCUT2D eigenvalue weighted by Gasteiger charge is -2.33. The van der Waals surface area contributed by atoms with E-state index < -0.39 is 0 Å². The Bertz CT molecular complexity index is 514. The Morgan fingerprint density at radius 2 is 1.88 bits per heavy atom. The number of ether oxygens (including phenoxy) is 2. The molecule has 0 amide bonds.